The molecular formula is C15H22O10. The van der Waals surface area contributed by atoms with Gasteiger partial charge in [-0.15, -0.1) is 0 Å². The smallest absolute Gasteiger partial charge is 0.303 e. The van der Waals surface area contributed by atoms with Crippen LogP contribution < -0.4 is 0 Å². The van der Waals surface area contributed by atoms with Gasteiger partial charge < -0.3 is 28.4 Å². The van der Waals surface area contributed by atoms with Gasteiger partial charge in [0.2, 0.25) is 0 Å². The van der Waals surface area contributed by atoms with E-state index in [-0.39, 0.29) is 6.61 Å². The van der Waals surface area contributed by atoms with E-state index < -0.39 is 54.6 Å². The monoisotopic (exact) mass is 362 g/mol. The van der Waals surface area contributed by atoms with Crippen LogP contribution in [0.15, 0.2) is 0 Å². The zero-order valence-electron chi connectivity index (χ0n) is 14.7. The Bertz CT molecular complexity index is 534. The van der Waals surface area contributed by atoms with Crippen LogP contribution >= 0.6 is 0 Å². The van der Waals surface area contributed by atoms with E-state index in [0.29, 0.717) is 0 Å². The molecule has 0 saturated carbocycles. The highest BCUT2D eigenvalue weighted by Crippen LogP contribution is 2.39. The molecule has 0 radical (unpaired) electrons. The minimum atomic E-state index is -1.43. The number of ether oxygens (including phenoxy) is 7. The Labute approximate surface area is 144 Å². The Hall–Kier alpha value is -1.75. The van der Waals surface area contributed by atoms with Crippen LogP contribution in [0.5, 0.6) is 0 Å². The first-order chi connectivity index (χ1) is 11.6. The Balaban J connectivity index is 2.29. The predicted octanol–water partition coefficient (Wildman–Crippen LogP) is -0.127. The SMILES string of the molecule is CO[C@@]1(C)O[C@@H]2O[C@H](COC(C)=O)[C@@H](OC(C)=O)[C@H](OC(C)=O)[C@H]2O1. The van der Waals surface area contributed by atoms with Gasteiger partial charge in [0, 0.05) is 34.8 Å². The summed E-state index contributed by atoms with van der Waals surface area (Å²) in [6.07, 6.45) is -4.86. The van der Waals surface area contributed by atoms with Gasteiger partial charge in [0.15, 0.2) is 24.6 Å². The van der Waals surface area contributed by atoms with E-state index in [1.165, 1.54) is 34.8 Å². The van der Waals surface area contributed by atoms with Crippen molar-refractivity contribution in [1.82, 2.24) is 0 Å². The third-order valence-electron chi connectivity index (χ3n) is 3.70. The van der Waals surface area contributed by atoms with Gasteiger partial charge in [-0.3, -0.25) is 19.1 Å². The Morgan fingerprint density at radius 3 is 2.08 bits per heavy atom. The van der Waals surface area contributed by atoms with Crippen LogP contribution in [0.4, 0.5) is 0 Å². The highest BCUT2D eigenvalue weighted by atomic mass is 16.9. The third-order valence-corrected chi connectivity index (χ3v) is 3.70. The highest BCUT2D eigenvalue weighted by Gasteiger charge is 2.59. The molecule has 6 atom stereocenters. The van der Waals surface area contributed by atoms with Crippen molar-refractivity contribution >= 4 is 17.9 Å². The van der Waals surface area contributed by atoms with E-state index in [4.69, 9.17) is 33.2 Å². The van der Waals surface area contributed by atoms with Crippen LogP contribution in [-0.4, -0.2) is 68.3 Å². The molecule has 0 bridgehead atoms. The molecule has 2 rings (SSSR count). The number of esters is 3. The molecule has 0 aromatic heterocycles. The molecule has 0 aliphatic carbocycles. The molecule has 2 heterocycles. The topological polar surface area (TPSA) is 116 Å². The maximum absolute atomic E-state index is 11.5. The van der Waals surface area contributed by atoms with E-state index >= 15 is 0 Å². The largest absolute Gasteiger partial charge is 0.463 e. The van der Waals surface area contributed by atoms with Crippen molar-refractivity contribution in [2.45, 2.75) is 64.4 Å². The molecule has 2 aliphatic heterocycles. The van der Waals surface area contributed by atoms with Crippen molar-refractivity contribution in [2.75, 3.05) is 13.7 Å². The molecule has 0 N–H and O–H groups in total. The van der Waals surface area contributed by atoms with Crippen molar-refractivity contribution < 1.29 is 47.5 Å². The lowest BCUT2D eigenvalue weighted by molar-refractivity contribution is -0.334. The van der Waals surface area contributed by atoms with E-state index in [1.807, 2.05) is 0 Å². The van der Waals surface area contributed by atoms with Crippen LogP contribution in [0.3, 0.4) is 0 Å². The van der Waals surface area contributed by atoms with Crippen molar-refractivity contribution in [3.8, 4) is 0 Å². The molecule has 0 amide bonds. The lowest BCUT2D eigenvalue weighted by Crippen LogP contribution is -2.60. The lowest BCUT2D eigenvalue weighted by Gasteiger charge is -2.40. The summed E-state index contributed by atoms with van der Waals surface area (Å²) in [6, 6.07) is 0. The summed E-state index contributed by atoms with van der Waals surface area (Å²) in [5.41, 5.74) is 0. The zero-order valence-corrected chi connectivity index (χ0v) is 14.7. The summed E-state index contributed by atoms with van der Waals surface area (Å²) in [7, 11) is 1.37. The average Bonchev–Trinajstić information content (AvgIpc) is 2.84. The molecule has 2 aliphatic rings. The summed E-state index contributed by atoms with van der Waals surface area (Å²) in [4.78, 5) is 34.1. The van der Waals surface area contributed by atoms with Gasteiger partial charge in [-0.2, -0.15) is 0 Å². The van der Waals surface area contributed by atoms with Gasteiger partial charge >= 0.3 is 17.9 Å². The Morgan fingerprint density at radius 2 is 1.56 bits per heavy atom. The molecule has 2 fully saturated rings. The second-order valence-electron chi connectivity index (χ2n) is 5.76. The predicted molar refractivity (Wildman–Crippen MR) is 77.8 cm³/mol. The van der Waals surface area contributed by atoms with Crippen LogP contribution in [0.2, 0.25) is 0 Å². The second kappa shape index (κ2) is 7.65. The summed E-state index contributed by atoms with van der Waals surface area (Å²) < 4.78 is 37.6. The lowest BCUT2D eigenvalue weighted by atomic mass is 9.98. The van der Waals surface area contributed by atoms with Crippen molar-refractivity contribution in [3.05, 3.63) is 0 Å². The molecular weight excluding hydrogens is 340 g/mol. The first-order valence-corrected chi connectivity index (χ1v) is 7.69. The number of carbonyl (C=O) groups is 3. The maximum Gasteiger partial charge on any atom is 0.303 e. The van der Waals surface area contributed by atoms with Crippen molar-refractivity contribution in [3.63, 3.8) is 0 Å². The summed E-state index contributed by atoms with van der Waals surface area (Å²) in [5.74, 6) is -3.19. The first-order valence-electron chi connectivity index (χ1n) is 7.69. The first kappa shape index (κ1) is 19.6. The van der Waals surface area contributed by atoms with E-state index in [2.05, 4.69) is 0 Å². The third kappa shape index (κ3) is 4.66. The molecule has 0 aromatic rings. The summed E-state index contributed by atoms with van der Waals surface area (Å²) in [5, 5.41) is 0. The molecule has 0 aromatic carbocycles. The second-order valence-corrected chi connectivity index (χ2v) is 5.76. The van der Waals surface area contributed by atoms with E-state index in [0.717, 1.165) is 0 Å². The van der Waals surface area contributed by atoms with Crippen LogP contribution in [-0.2, 0) is 47.5 Å². The summed E-state index contributed by atoms with van der Waals surface area (Å²) >= 11 is 0. The Morgan fingerprint density at radius 1 is 0.960 bits per heavy atom. The minimum Gasteiger partial charge on any atom is -0.463 e. The van der Waals surface area contributed by atoms with Gasteiger partial charge in [0.1, 0.15) is 12.7 Å². The molecule has 0 unspecified atom stereocenters. The van der Waals surface area contributed by atoms with Crippen LogP contribution in [0.25, 0.3) is 0 Å². The number of hydrogen-bond acceptors (Lipinski definition) is 10. The normalized spacial score (nSPS) is 37.1. The van der Waals surface area contributed by atoms with E-state index in [1.54, 1.807) is 0 Å². The molecule has 10 heteroatoms. The van der Waals surface area contributed by atoms with E-state index in [9.17, 15) is 14.4 Å². The van der Waals surface area contributed by atoms with Gasteiger partial charge in [0.25, 0.3) is 5.97 Å². The zero-order chi connectivity index (χ0) is 18.8. The van der Waals surface area contributed by atoms with Gasteiger partial charge in [-0.1, -0.05) is 0 Å². The average molecular weight is 362 g/mol. The number of rotatable bonds is 5. The molecule has 2 saturated heterocycles. The minimum absolute atomic E-state index is 0.221. The van der Waals surface area contributed by atoms with Gasteiger partial charge in [-0.05, 0) is 0 Å². The van der Waals surface area contributed by atoms with Gasteiger partial charge in [0.05, 0.1) is 0 Å². The quantitative estimate of drug-likeness (QED) is 0.484. The standard InChI is InChI=1S/C15H22O10/c1-7(16)20-6-10-11(21-8(2)17)12(22-9(3)18)13-14(23-10)25-15(4,19-5)24-13/h10-14H,6H2,1-5H3/t10-,11-,12+,13-,14+,15-/m1/s1. The van der Waals surface area contributed by atoms with Crippen molar-refractivity contribution in [2.24, 2.45) is 0 Å². The molecule has 0 spiro atoms. The van der Waals surface area contributed by atoms with Crippen LogP contribution in [0, 0.1) is 0 Å². The molecule has 25 heavy (non-hydrogen) atoms. The molecule has 10 nitrogen and oxygen atoms in total. The Kier molecular flexibility index (Phi) is 5.99. The fourth-order valence-corrected chi connectivity index (χ4v) is 2.67. The van der Waals surface area contributed by atoms with Crippen LogP contribution in [0.1, 0.15) is 27.7 Å². The number of hydrogen-bond donors (Lipinski definition) is 0. The number of methoxy groups -OCH3 is 1. The molecule has 142 valence electrons. The maximum atomic E-state index is 11.5. The fraction of sp³-hybridized carbons (Fsp3) is 0.800. The van der Waals surface area contributed by atoms with Crippen molar-refractivity contribution in [1.29, 1.82) is 0 Å². The number of carbonyl (C=O) groups excluding carboxylic acids is 3. The fourth-order valence-electron chi connectivity index (χ4n) is 2.67. The summed E-state index contributed by atoms with van der Waals surface area (Å²) in [6.45, 7) is 4.93. The van der Waals surface area contributed by atoms with Gasteiger partial charge in [-0.25, -0.2) is 0 Å². The number of fused-ring (bicyclic) bond motifs is 1. The highest BCUT2D eigenvalue weighted by molar-refractivity contribution is 5.67.